The van der Waals surface area contributed by atoms with Gasteiger partial charge in [0.15, 0.2) is 18.1 Å². The van der Waals surface area contributed by atoms with E-state index in [1.807, 2.05) is 0 Å². The summed E-state index contributed by atoms with van der Waals surface area (Å²) >= 11 is 0. The summed E-state index contributed by atoms with van der Waals surface area (Å²) in [5.74, 6) is -0.554. The van der Waals surface area contributed by atoms with E-state index in [9.17, 15) is 14.4 Å². The molecule has 8 heteroatoms. The minimum atomic E-state index is -0.976. The maximum Gasteiger partial charge on any atom is 0.351 e. The van der Waals surface area contributed by atoms with Crippen LogP contribution in [0.1, 0.15) is 0 Å². The molecule has 3 rings (SSSR count). The number of urea groups is 1. The molecule has 1 aliphatic rings. The number of benzene rings is 2. The number of carbonyl (C=O) groups is 3. The number of fused-ring (bicyclic) bond motifs is 1. The van der Waals surface area contributed by atoms with Gasteiger partial charge in [-0.25, -0.2) is 9.59 Å². The highest BCUT2D eigenvalue weighted by atomic mass is 16.6. The zero-order valence-corrected chi connectivity index (χ0v) is 13.6. The molecule has 0 bridgehead atoms. The van der Waals surface area contributed by atoms with Crippen LogP contribution in [0.4, 0.5) is 10.5 Å². The van der Waals surface area contributed by atoms with Gasteiger partial charge in [-0.1, -0.05) is 30.3 Å². The lowest BCUT2D eigenvalue weighted by molar-refractivity contribution is -0.157. The number of para-hydroxylation sites is 3. The van der Waals surface area contributed by atoms with Crippen LogP contribution in [0.5, 0.6) is 11.5 Å². The minimum absolute atomic E-state index is 0.0219. The van der Waals surface area contributed by atoms with Crippen LogP contribution < -0.4 is 20.1 Å². The number of anilines is 1. The van der Waals surface area contributed by atoms with Crippen molar-refractivity contribution in [3.63, 3.8) is 0 Å². The molecule has 1 aliphatic heterocycles. The summed E-state index contributed by atoms with van der Waals surface area (Å²) in [4.78, 5) is 35.4. The third-order valence-corrected chi connectivity index (χ3v) is 3.40. The lowest BCUT2D eigenvalue weighted by Gasteiger charge is -2.24. The smallest absolute Gasteiger partial charge is 0.351 e. The van der Waals surface area contributed by atoms with Crippen molar-refractivity contribution in [3.8, 4) is 11.5 Å². The Morgan fingerprint density at radius 3 is 2.46 bits per heavy atom. The fourth-order valence-corrected chi connectivity index (χ4v) is 2.21. The Balaban J connectivity index is 1.43. The maximum absolute atomic E-state index is 12.0. The van der Waals surface area contributed by atoms with Gasteiger partial charge in [0.25, 0.3) is 5.91 Å². The van der Waals surface area contributed by atoms with Crippen LogP contribution in [-0.2, 0) is 14.3 Å². The van der Waals surface area contributed by atoms with Crippen LogP contribution in [0.25, 0.3) is 0 Å². The van der Waals surface area contributed by atoms with Crippen molar-refractivity contribution in [1.82, 2.24) is 5.32 Å². The number of rotatable bonds is 4. The van der Waals surface area contributed by atoms with E-state index in [1.165, 1.54) is 0 Å². The summed E-state index contributed by atoms with van der Waals surface area (Å²) in [6.07, 6.45) is -0.976. The first-order chi connectivity index (χ1) is 12.6. The van der Waals surface area contributed by atoms with Crippen molar-refractivity contribution in [3.05, 3.63) is 54.6 Å². The van der Waals surface area contributed by atoms with Gasteiger partial charge in [-0.15, -0.1) is 0 Å². The highest BCUT2D eigenvalue weighted by Gasteiger charge is 2.29. The number of nitrogens with one attached hydrogen (secondary N) is 2. The van der Waals surface area contributed by atoms with Gasteiger partial charge in [0.05, 0.1) is 0 Å². The van der Waals surface area contributed by atoms with E-state index in [1.54, 1.807) is 54.6 Å². The van der Waals surface area contributed by atoms with Gasteiger partial charge in [-0.2, -0.15) is 0 Å². The zero-order chi connectivity index (χ0) is 18.4. The van der Waals surface area contributed by atoms with E-state index in [-0.39, 0.29) is 6.61 Å². The third-order valence-electron chi connectivity index (χ3n) is 3.40. The normalized spacial score (nSPS) is 14.8. The number of hydrogen-bond acceptors (Lipinski definition) is 6. The summed E-state index contributed by atoms with van der Waals surface area (Å²) in [6.45, 7) is -0.630. The molecule has 1 heterocycles. The molecule has 0 saturated heterocycles. The molecule has 0 aromatic heterocycles. The lowest BCUT2D eigenvalue weighted by atomic mass is 10.2. The van der Waals surface area contributed by atoms with Crippen LogP contribution >= 0.6 is 0 Å². The molecular weight excluding hydrogens is 340 g/mol. The zero-order valence-electron chi connectivity index (χ0n) is 13.6. The number of imide groups is 1. The molecule has 0 aliphatic carbocycles. The lowest BCUT2D eigenvalue weighted by Crippen LogP contribution is -2.41. The molecule has 0 spiro atoms. The quantitative estimate of drug-likeness (QED) is 0.809. The van der Waals surface area contributed by atoms with Crippen LogP contribution in [0.2, 0.25) is 0 Å². The van der Waals surface area contributed by atoms with Crippen LogP contribution in [0.3, 0.4) is 0 Å². The van der Waals surface area contributed by atoms with E-state index in [2.05, 4.69) is 10.6 Å². The molecule has 3 amide bonds. The van der Waals surface area contributed by atoms with Crippen molar-refractivity contribution < 1.29 is 28.6 Å². The predicted octanol–water partition coefficient (Wildman–Crippen LogP) is 1.72. The molecule has 2 aromatic rings. The van der Waals surface area contributed by atoms with E-state index < -0.39 is 30.6 Å². The third kappa shape index (κ3) is 4.50. The van der Waals surface area contributed by atoms with E-state index in [4.69, 9.17) is 14.2 Å². The van der Waals surface area contributed by atoms with Gasteiger partial charge in [-0.3, -0.25) is 10.1 Å². The summed E-state index contributed by atoms with van der Waals surface area (Å²) in [6, 6.07) is 14.8. The second-order valence-electron chi connectivity index (χ2n) is 5.34. The number of esters is 1. The second-order valence-corrected chi connectivity index (χ2v) is 5.34. The van der Waals surface area contributed by atoms with E-state index >= 15 is 0 Å². The Morgan fingerprint density at radius 2 is 1.69 bits per heavy atom. The van der Waals surface area contributed by atoms with E-state index in [0.29, 0.717) is 17.2 Å². The largest absolute Gasteiger partial charge is 0.485 e. The Labute approximate surface area is 149 Å². The number of hydrogen-bond donors (Lipinski definition) is 2. The van der Waals surface area contributed by atoms with Crippen molar-refractivity contribution in [2.45, 2.75) is 6.10 Å². The first kappa shape index (κ1) is 17.3. The number of amides is 3. The average Bonchev–Trinajstić information content (AvgIpc) is 2.66. The summed E-state index contributed by atoms with van der Waals surface area (Å²) in [5, 5.41) is 4.54. The molecule has 0 radical (unpaired) electrons. The summed E-state index contributed by atoms with van der Waals surface area (Å²) in [7, 11) is 0. The molecule has 26 heavy (non-hydrogen) atoms. The Bertz CT molecular complexity index is 808. The molecule has 0 saturated carbocycles. The predicted molar refractivity (Wildman–Crippen MR) is 90.9 cm³/mol. The van der Waals surface area contributed by atoms with E-state index in [0.717, 1.165) is 0 Å². The average molecular weight is 356 g/mol. The summed E-state index contributed by atoms with van der Waals surface area (Å²) < 4.78 is 15.8. The van der Waals surface area contributed by atoms with Crippen molar-refractivity contribution in [2.24, 2.45) is 0 Å². The molecule has 1 atom stereocenters. The molecule has 134 valence electrons. The van der Waals surface area contributed by atoms with Crippen molar-refractivity contribution in [1.29, 1.82) is 0 Å². The molecule has 2 aromatic carbocycles. The molecule has 0 fully saturated rings. The second kappa shape index (κ2) is 8.02. The number of carbonyl (C=O) groups excluding carboxylic acids is 3. The van der Waals surface area contributed by atoms with Crippen LogP contribution in [0.15, 0.2) is 54.6 Å². The van der Waals surface area contributed by atoms with Gasteiger partial charge in [0.2, 0.25) is 6.10 Å². The monoisotopic (exact) mass is 356 g/mol. The standard InChI is InChI=1S/C18H16N2O6/c21-16(20-18(23)19-12-6-2-1-3-7-12)11-25-17(22)15-10-24-13-8-4-5-9-14(13)26-15/h1-9,15H,10-11H2,(H2,19,20,21,23)/t15-/m0/s1. The Morgan fingerprint density at radius 1 is 1.00 bits per heavy atom. The Hall–Kier alpha value is -3.55. The first-order valence-electron chi connectivity index (χ1n) is 7.83. The fraction of sp³-hybridized carbons (Fsp3) is 0.167. The topological polar surface area (TPSA) is 103 Å². The van der Waals surface area contributed by atoms with Gasteiger partial charge in [0.1, 0.15) is 6.61 Å². The van der Waals surface area contributed by atoms with Crippen molar-refractivity contribution in [2.75, 3.05) is 18.5 Å². The molecule has 0 unspecified atom stereocenters. The van der Waals surface area contributed by atoms with Gasteiger partial charge in [0, 0.05) is 5.69 Å². The van der Waals surface area contributed by atoms with Crippen molar-refractivity contribution >= 4 is 23.6 Å². The Kier molecular flexibility index (Phi) is 5.33. The molecule has 2 N–H and O–H groups in total. The highest BCUT2D eigenvalue weighted by molar-refractivity contribution is 6.01. The van der Waals surface area contributed by atoms with Crippen LogP contribution in [0, 0.1) is 0 Å². The number of ether oxygens (including phenoxy) is 3. The maximum atomic E-state index is 12.0. The van der Waals surface area contributed by atoms with Gasteiger partial charge >= 0.3 is 12.0 Å². The minimum Gasteiger partial charge on any atom is -0.485 e. The molecule has 8 nitrogen and oxygen atoms in total. The SMILES string of the molecule is O=C(COC(=O)[C@@H]1COc2ccccc2O1)NC(=O)Nc1ccccc1. The first-order valence-corrected chi connectivity index (χ1v) is 7.83. The van der Waals surface area contributed by atoms with Crippen LogP contribution in [-0.4, -0.2) is 37.2 Å². The van der Waals surface area contributed by atoms with Gasteiger partial charge < -0.3 is 19.5 Å². The highest BCUT2D eigenvalue weighted by Crippen LogP contribution is 2.31. The van der Waals surface area contributed by atoms with Gasteiger partial charge in [-0.05, 0) is 24.3 Å². The summed E-state index contributed by atoms with van der Waals surface area (Å²) in [5.41, 5.74) is 0.529. The molecular formula is C18H16N2O6. The fourth-order valence-electron chi connectivity index (χ4n) is 2.21.